The van der Waals surface area contributed by atoms with Crippen molar-refractivity contribution >= 4 is 16.7 Å². The average Bonchev–Trinajstić information content (AvgIpc) is 2.55. The fourth-order valence-electron chi connectivity index (χ4n) is 2.29. The number of rotatable bonds is 5. The highest BCUT2D eigenvalue weighted by atomic mass is 19.1. The van der Waals surface area contributed by atoms with Gasteiger partial charge in [0.05, 0.1) is 29.2 Å². The van der Waals surface area contributed by atoms with Crippen molar-refractivity contribution in [1.29, 1.82) is 0 Å². The molecule has 0 radical (unpaired) electrons. The fourth-order valence-corrected chi connectivity index (χ4v) is 2.29. The lowest BCUT2D eigenvalue weighted by Crippen LogP contribution is -2.18. The summed E-state index contributed by atoms with van der Waals surface area (Å²) in [5, 5.41) is 3.56. The second-order valence-electron chi connectivity index (χ2n) is 4.76. The van der Waals surface area contributed by atoms with Crippen molar-refractivity contribution in [1.82, 2.24) is 15.0 Å². The third kappa shape index (κ3) is 2.87. The fraction of sp³-hybridized carbons (Fsp3) is 0.188. The van der Waals surface area contributed by atoms with Crippen LogP contribution in [0.2, 0.25) is 0 Å². The van der Waals surface area contributed by atoms with E-state index in [2.05, 4.69) is 20.3 Å². The first-order valence-electron chi connectivity index (χ1n) is 6.85. The van der Waals surface area contributed by atoms with Crippen molar-refractivity contribution in [3.8, 4) is 0 Å². The zero-order valence-corrected chi connectivity index (χ0v) is 12.0. The molecule has 3 rings (SSSR count). The molecule has 0 bridgehead atoms. The molecule has 0 fully saturated rings. The molecule has 1 N–H and O–H groups in total. The van der Waals surface area contributed by atoms with Crippen molar-refractivity contribution in [3.05, 3.63) is 60.4 Å². The first-order valence-corrected chi connectivity index (χ1v) is 6.85. The number of fused-ring (bicyclic) bond motifs is 1. The molecule has 0 saturated heterocycles. The molecule has 0 amide bonds. The minimum absolute atomic E-state index is 0.232. The van der Waals surface area contributed by atoms with E-state index >= 15 is 0 Å². The molecular formula is C16H15FN4O. The minimum atomic E-state index is -0.363. The van der Waals surface area contributed by atoms with E-state index in [9.17, 15) is 4.39 Å². The third-order valence-electron chi connectivity index (χ3n) is 3.30. The number of nitrogens with one attached hydrogen (secondary N) is 1. The monoisotopic (exact) mass is 298 g/mol. The van der Waals surface area contributed by atoms with Crippen molar-refractivity contribution in [2.45, 2.75) is 6.04 Å². The topological polar surface area (TPSA) is 59.9 Å². The highest BCUT2D eigenvalue weighted by molar-refractivity contribution is 5.89. The molecule has 5 nitrogen and oxygen atoms in total. The molecule has 3 aromatic rings. The molecule has 0 saturated carbocycles. The van der Waals surface area contributed by atoms with Gasteiger partial charge in [-0.3, -0.25) is 4.98 Å². The number of nitrogens with zero attached hydrogens (tertiary/aromatic N) is 3. The van der Waals surface area contributed by atoms with Crippen molar-refractivity contribution in [3.63, 3.8) is 0 Å². The van der Waals surface area contributed by atoms with Gasteiger partial charge in [0.15, 0.2) is 0 Å². The summed E-state index contributed by atoms with van der Waals surface area (Å²) in [6.45, 7) is 0.386. The summed E-state index contributed by atoms with van der Waals surface area (Å²) in [5.74, 6) is 0.0635. The molecule has 1 aromatic carbocycles. The number of anilines is 1. The first kappa shape index (κ1) is 14.3. The third-order valence-corrected chi connectivity index (χ3v) is 3.30. The lowest BCUT2D eigenvalue weighted by Gasteiger charge is -2.19. The van der Waals surface area contributed by atoms with Crippen LogP contribution in [-0.4, -0.2) is 28.7 Å². The van der Waals surface area contributed by atoms with E-state index < -0.39 is 0 Å². The molecule has 112 valence electrons. The van der Waals surface area contributed by atoms with Crippen LogP contribution >= 0.6 is 0 Å². The first-order chi connectivity index (χ1) is 10.8. The predicted octanol–water partition coefficient (Wildman–Crippen LogP) is 2.96. The number of hydrogen-bond donors (Lipinski definition) is 1. The van der Waals surface area contributed by atoms with Gasteiger partial charge >= 0.3 is 0 Å². The Labute approximate surface area is 127 Å². The van der Waals surface area contributed by atoms with Crippen LogP contribution in [0.3, 0.4) is 0 Å². The highest BCUT2D eigenvalue weighted by Crippen LogP contribution is 2.25. The zero-order valence-electron chi connectivity index (χ0n) is 12.0. The van der Waals surface area contributed by atoms with Crippen LogP contribution in [0.5, 0.6) is 0 Å². The molecule has 1 atom stereocenters. The summed E-state index contributed by atoms with van der Waals surface area (Å²) in [5.41, 5.74) is 1.35. The van der Waals surface area contributed by atoms with E-state index in [1.165, 1.54) is 12.4 Å². The molecule has 6 heteroatoms. The predicted molar refractivity (Wildman–Crippen MR) is 82.0 cm³/mol. The number of methoxy groups -OCH3 is 1. The number of ether oxygens (including phenoxy) is 1. The van der Waals surface area contributed by atoms with E-state index in [0.29, 0.717) is 23.3 Å². The second kappa shape index (κ2) is 6.44. The smallest absolute Gasteiger partial charge is 0.140 e. The summed E-state index contributed by atoms with van der Waals surface area (Å²) in [6, 6.07) is 10.2. The number of aromatic nitrogens is 3. The van der Waals surface area contributed by atoms with Gasteiger partial charge < -0.3 is 10.1 Å². The maximum Gasteiger partial charge on any atom is 0.140 e. The Bertz CT molecular complexity index is 761. The lowest BCUT2D eigenvalue weighted by molar-refractivity contribution is 0.185. The molecular weight excluding hydrogens is 283 g/mol. The molecule has 0 spiro atoms. The van der Waals surface area contributed by atoms with E-state index in [1.807, 2.05) is 18.2 Å². The summed E-state index contributed by atoms with van der Waals surface area (Å²) in [4.78, 5) is 12.6. The van der Waals surface area contributed by atoms with Gasteiger partial charge in [-0.1, -0.05) is 12.1 Å². The molecule has 22 heavy (non-hydrogen) atoms. The zero-order chi connectivity index (χ0) is 15.4. The van der Waals surface area contributed by atoms with Crippen LogP contribution in [0.4, 0.5) is 10.2 Å². The molecule has 2 aromatic heterocycles. The van der Waals surface area contributed by atoms with Crippen molar-refractivity contribution in [2.75, 3.05) is 19.0 Å². The molecule has 2 heterocycles. The molecule has 0 aliphatic carbocycles. The molecule has 0 aliphatic heterocycles. The Morgan fingerprint density at radius 1 is 1.14 bits per heavy atom. The highest BCUT2D eigenvalue weighted by Gasteiger charge is 2.16. The van der Waals surface area contributed by atoms with Gasteiger partial charge in [0.1, 0.15) is 18.0 Å². The SMILES string of the molecule is COCC(Nc1ncnc2cccc(F)c12)c1ccccn1. The van der Waals surface area contributed by atoms with Crippen LogP contribution in [0.15, 0.2) is 48.9 Å². The van der Waals surface area contributed by atoms with E-state index in [-0.39, 0.29) is 11.9 Å². The van der Waals surface area contributed by atoms with Crippen LogP contribution < -0.4 is 5.32 Å². The van der Waals surface area contributed by atoms with Gasteiger partial charge in [0.25, 0.3) is 0 Å². The standard InChI is InChI=1S/C16H15FN4O/c1-22-9-14(12-6-2-3-8-18-12)21-16-15-11(17)5-4-7-13(15)19-10-20-16/h2-8,10,14H,9H2,1H3,(H,19,20,21). The summed E-state index contributed by atoms with van der Waals surface area (Å²) < 4.78 is 19.4. The second-order valence-corrected chi connectivity index (χ2v) is 4.76. The van der Waals surface area contributed by atoms with Gasteiger partial charge in [-0.2, -0.15) is 0 Å². The number of pyridine rings is 1. The van der Waals surface area contributed by atoms with Gasteiger partial charge in [-0.05, 0) is 24.3 Å². The van der Waals surface area contributed by atoms with Crippen molar-refractivity contribution < 1.29 is 9.13 Å². The van der Waals surface area contributed by atoms with Crippen LogP contribution in [-0.2, 0) is 4.74 Å². The quantitative estimate of drug-likeness (QED) is 0.784. The largest absolute Gasteiger partial charge is 0.382 e. The Balaban J connectivity index is 2.00. The number of hydrogen-bond acceptors (Lipinski definition) is 5. The normalized spacial score (nSPS) is 12.3. The maximum atomic E-state index is 14.1. The Morgan fingerprint density at radius 2 is 2.05 bits per heavy atom. The number of halogens is 1. The minimum Gasteiger partial charge on any atom is -0.382 e. The van der Waals surface area contributed by atoms with Gasteiger partial charge in [0, 0.05) is 13.3 Å². The summed E-state index contributed by atoms with van der Waals surface area (Å²) in [6.07, 6.45) is 3.12. The van der Waals surface area contributed by atoms with Crippen molar-refractivity contribution in [2.24, 2.45) is 0 Å². The van der Waals surface area contributed by atoms with E-state index in [1.54, 1.807) is 25.4 Å². The van der Waals surface area contributed by atoms with Gasteiger partial charge in [-0.25, -0.2) is 14.4 Å². The van der Waals surface area contributed by atoms with Crippen LogP contribution in [0.1, 0.15) is 11.7 Å². The van der Waals surface area contributed by atoms with Crippen LogP contribution in [0.25, 0.3) is 10.9 Å². The molecule has 1 unspecified atom stereocenters. The average molecular weight is 298 g/mol. The van der Waals surface area contributed by atoms with Crippen LogP contribution in [0, 0.1) is 5.82 Å². The summed E-state index contributed by atoms with van der Waals surface area (Å²) in [7, 11) is 1.61. The lowest BCUT2D eigenvalue weighted by atomic mass is 10.1. The van der Waals surface area contributed by atoms with Gasteiger partial charge in [0.2, 0.25) is 0 Å². The Morgan fingerprint density at radius 3 is 2.82 bits per heavy atom. The maximum absolute atomic E-state index is 14.1. The number of benzene rings is 1. The van der Waals surface area contributed by atoms with E-state index in [4.69, 9.17) is 4.74 Å². The Kier molecular flexibility index (Phi) is 4.20. The van der Waals surface area contributed by atoms with Gasteiger partial charge in [-0.15, -0.1) is 0 Å². The van der Waals surface area contributed by atoms with E-state index in [0.717, 1.165) is 5.69 Å². The Hall–Kier alpha value is -2.60. The summed E-state index contributed by atoms with van der Waals surface area (Å²) >= 11 is 0. The molecule has 0 aliphatic rings.